The van der Waals surface area contributed by atoms with Gasteiger partial charge in [-0.1, -0.05) is 17.7 Å². The van der Waals surface area contributed by atoms with Crippen molar-refractivity contribution in [3.05, 3.63) is 63.4 Å². The molecule has 2 heterocycles. The highest BCUT2D eigenvalue weighted by Gasteiger charge is 2.14. The summed E-state index contributed by atoms with van der Waals surface area (Å²) in [5.74, 6) is -1.89. The summed E-state index contributed by atoms with van der Waals surface area (Å²) in [5.41, 5.74) is 0.914. The number of pyridine rings is 1. The number of nitrogens with zero attached hydrogens (tertiary/aromatic N) is 1. The maximum absolute atomic E-state index is 12.0. The number of hydrogen-bond acceptors (Lipinski definition) is 6. The van der Waals surface area contributed by atoms with Crippen LogP contribution in [0.15, 0.2) is 47.8 Å². The molecule has 1 N–H and O–H groups in total. The topological polar surface area (TPSA) is 85.4 Å². The van der Waals surface area contributed by atoms with Crippen LogP contribution in [0.3, 0.4) is 0 Å². The van der Waals surface area contributed by atoms with Crippen molar-refractivity contribution in [2.75, 3.05) is 6.61 Å². The van der Waals surface area contributed by atoms with Crippen molar-refractivity contribution in [2.24, 2.45) is 0 Å². The molecule has 6 nitrogen and oxygen atoms in total. The van der Waals surface area contributed by atoms with Crippen LogP contribution >= 0.6 is 22.9 Å². The van der Waals surface area contributed by atoms with Gasteiger partial charge in [-0.25, -0.2) is 9.78 Å². The van der Waals surface area contributed by atoms with Crippen molar-refractivity contribution in [1.82, 2.24) is 10.3 Å². The Labute approximate surface area is 151 Å². The van der Waals surface area contributed by atoms with E-state index in [1.165, 1.54) is 17.4 Å². The lowest BCUT2D eigenvalue weighted by Crippen LogP contribution is -2.33. The molecule has 126 valence electrons. The molecular weight excluding hydrogens is 364 g/mol. The Bertz CT molecular complexity index is 956. The number of halogens is 1. The van der Waals surface area contributed by atoms with Gasteiger partial charge in [0.2, 0.25) is 0 Å². The van der Waals surface area contributed by atoms with E-state index in [1.54, 1.807) is 41.8 Å². The Hall–Kier alpha value is -2.77. The Balaban J connectivity index is 1.59. The van der Waals surface area contributed by atoms with Crippen molar-refractivity contribution in [3.63, 3.8) is 0 Å². The number of hydrogen-bond donors (Lipinski definition) is 1. The van der Waals surface area contributed by atoms with Crippen molar-refractivity contribution in [3.8, 4) is 0 Å². The van der Waals surface area contributed by atoms with Gasteiger partial charge in [0, 0.05) is 5.39 Å². The molecule has 0 fully saturated rings. The summed E-state index contributed by atoms with van der Waals surface area (Å²) in [6, 6.07) is 11.4. The van der Waals surface area contributed by atoms with Crippen molar-refractivity contribution in [2.45, 2.75) is 0 Å². The minimum absolute atomic E-state index is 0.272. The molecule has 0 aliphatic rings. The minimum Gasteiger partial charge on any atom is -0.452 e. The van der Waals surface area contributed by atoms with E-state index < -0.39 is 24.4 Å². The zero-order valence-electron chi connectivity index (χ0n) is 12.7. The van der Waals surface area contributed by atoms with Crippen LogP contribution in [-0.4, -0.2) is 29.4 Å². The van der Waals surface area contributed by atoms with Crippen LogP contribution in [0.5, 0.6) is 0 Å². The van der Waals surface area contributed by atoms with E-state index in [4.69, 9.17) is 16.3 Å². The summed E-state index contributed by atoms with van der Waals surface area (Å²) in [5, 5.41) is 4.95. The Morgan fingerprint density at radius 3 is 2.76 bits per heavy atom. The maximum atomic E-state index is 12.0. The van der Waals surface area contributed by atoms with Gasteiger partial charge in [0.1, 0.15) is 5.15 Å². The number of aromatic nitrogens is 1. The van der Waals surface area contributed by atoms with Gasteiger partial charge in [0.25, 0.3) is 11.8 Å². The summed E-state index contributed by atoms with van der Waals surface area (Å²) in [7, 11) is 0. The number of amides is 2. The molecule has 0 aliphatic heterocycles. The molecule has 0 saturated heterocycles. The van der Waals surface area contributed by atoms with Gasteiger partial charge < -0.3 is 4.74 Å². The van der Waals surface area contributed by atoms with Crippen LogP contribution in [0.25, 0.3) is 10.9 Å². The van der Waals surface area contributed by atoms with Gasteiger partial charge in [-0.05, 0) is 41.8 Å². The number of carbonyl (C=O) groups excluding carboxylic acids is 3. The van der Waals surface area contributed by atoms with E-state index in [2.05, 4.69) is 10.3 Å². The molecule has 2 amide bonds. The average Bonchev–Trinajstić information content (AvgIpc) is 3.14. The fourth-order valence-electron chi connectivity index (χ4n) is 2.07. The number of esters is 1. The van der Waals surface area contributed by atoms with Crippen molar-refractivity contribution < 1.29 is 19.1 Å². The van der Waals surface area contributed by atoms with E-state index in [0.717, 1.165) is 5.39 Å². The molecular formula is C17H11ClN2O4S. The third kappa shape index (κ3) is 4.20. The third-order valence-corrected chi connectivity index (χ3v) is 4.30. The smallest absolute Gasteiger partial charge is 0.338 e. The number of rotatable bonds is 4. The zero-order valence-corrected chi connectivity index (χ0v) is 14.3. The fourth-order valence-corrected chi connectivity index (χ4v) is 2.85. The molecule has 25 heavy (non-hydrogen) atoms. The second-order valence-electron chi connectivity index (χ2n) is 4.97. The Morgan fingerprint density at radius 2 is 2.00 bits per heavy atom. The number of benzene rings is 1. The van der Waals surface area contributed by atoms with Crippen LogP contribution < -0.4 is 5.32 Å². The highest BCUT2D eigenvalue weighted by molar-refractivity contribution is 7.12. The lowest BCUT2D eigenvalue weighted by molar-refractivity contribution is -0.123. The molecule has 0 aliphatic carbocycles. The van der Waals surface area contributed by atoms with Gasteiger partial charge in [-0.3, -0.25) is 14.9 Å². The molecule has 8 heteroatoms. The first kappa shape index (κ1) is 17.1. The molecule has 2 aromatic heterocycles. The summed E-state index contributed by atoms with van der Waals surface area (Å²) in [6.45, 7) is -0.549. The van der Waals surface area contributed by atoms with E-state index >= 15 is 0 Å². The largest absolute Gasteiger partial charge is 0.452 e. The van der Waals surface area contributed by atoms with Gasteiger partial charge in [0.05, 0.1) is 16.0 Å². The molecule has 3 rings (SSSR count). The predicted octanol–water partition coefficient (Wildman–Crippen LogP) is 3.06. The van der Waals surface area contributed by atoms with Crippen molar-refractivity contribution in [1.29, 1.82) is 0 Å². The first-order valence-electron chi connectivity index (χ1n) is 7.14. The summed E-state index contributed by atoms with van der Waals surface area (Å²) in [4.78, 5) is 40.0. The van der Waals surface area contributed by atoms with Crippen LogP contribution in [0.2, 0.25) is 5.15 Å². The number of ether oxygens (including phenoxy) is 1. The van der Waals surface area contributed by atoms with Gasteiger partial charge in [-0.2, -0.15) is 0 Å². The third-order valence-electron chi connectivity index (χ3n) is 3.22. The quantitative estimate of drug-likeness (QED) is 0.560. The molecule has 0 saturated carbocycles. The van der Waals surface area contributed by atoms with Crippen LogP contribution in [-0.2, 0) is 9.53 Å². The predicted molar refractivity (Wildman–Crippen MR) is 93.8 cm³/mol. The van der Waals surface area contributed by atoms with Crippen LogP contribution in [0.1, 0.15) is 20.0 Å². The van der Waals surface area contributed by atoms with E-state index in [1.807, 2.05) is 0 Å². The Morgan fingerprint density at radius 1 is 1.16 bits per heavy atom. The van der Waals surface area contributed by atoms with Gasteiger partial charge in [-0.15, -0.1) is 11.3 Å². The van der Waals surface area contributed by atoms with Gasteiger partial charge >= 0.3 is 5.97 Å². The first-order valence-corrected chi connectivity index (χ1v) is 8.40. The standard InChI is InChI=1S/C17H11ClN2O4S/c18-14-6-4-10-8-11(3-5-12(10)19-14)17(23)24-9-15(21)20-16(22)13-2-1-7-25-13/h1-8H,9H2,(H,20,21,22). The first-order chi connectivity index (χ1) is 12.0. The lowest BCUT2D eigenvalue weighted by atomic mass is 10.1. The second-order valence-corrected chi connectivity index (χ2v) is 6.31. The highest BCUT2D eigenvalue weighted by atomic mass is 35.5. The van der Waals surface area contributed by atoms with Crippen LogP contribution in [0.4, 0.5) is 0 Å². The molecule has 0 radical (unpaired) electrons. The minimum atomic E-state index is -0.694. The normalized spacial score (nSPS) is 10.4. The highest BCUT2D eigenvalue weighted by Crippen LogP contribution is 2.17. The zero-order chi connectivity index (χ0) is 17.8. The van der Waals surface area contributed by atoms with Crippen LogP contribution in [0, 0.1) is 0 Å². The lowest BCUT2D eigenvalue weighted by Gasteiger charge is -2.06. The molecule has 0 atom stereocenters. The molecule has 1 aromatic carbocycles. The van der Waals surface area contributed by atoms with E-state index in [-0.39, 0.29) is 5.56 Å². The number of thiophene rings is 1. The molecule has 0 bridgehead atoms. The number of imide groups is 1. The molecule has 0 spiro atoms. The summed E-state index contributed by atoms with van der Waals surface area (Å²) in [6.07, 6.45) is 0. The van der Waals surface area contributed by atoms with Gasteiger partial charge in [0.15, 0.2) is 6.61 Å². The maximum Gasteiger partial charge on any atom is 0.338 e. The average molecular weight is 375 g/mol. The Kier molecular flexibility index (Phi) is 5.06. The van der Waals surface area contributed by atoms with E-state index in [0.29, 0.717) is 15.5 Å². The number of carbonyl (C=O) groups is 3. The second kappa shape index (κ2) is 7.42. The fraction of sp³-hybridized carbons (Fsp3) is 0.0588. The SMILES string of the molecule is O=C(COC(=O)c1ccc2nc(Cl)ccc2c1)NC(=O)c1cccs1. The van der Waals surface area contributed by atoms with E-state index in [9.17, 15) is 14.4 Å². The molecule has 3 aromatic rings. The number of nitrogens with one attached hydrogen (secondary N) is 1. The summed E-state index contributed by atoms with van der Waals surface area (Å²) >= 11 is 7.02. The number of fused-ring (bicyclic) bond motifs is 1. The monoisotopic (exact) mass is 374 g/mol. The van der Waals surface area contributed by atoms with Crippen molar-refractivity contribution >= 4 is 51.6 Å². The molecule has 0 unspecified atom stereocenters. The summed E-state index contributed by atoms with van der Waals surface area (Å²) < 4.78 is 4.93.